The largest absolute Gasteiger partial charge is 0.492 e. The van der Waals surface area contributed by atoms with Gasteiger partial charge in [0.25, 0.3) is 0 Å². The van der Waals surface area contributed by atoms with Gasteiger partial charge in [-0.15, -0.1) is 0 Å². The monoisotopic (exact) mass is 399 g/mol. The van der Waals surface area contributed by atoms with Crippen LogP contribution in [0.5, 0.6) is 17.2 Å². The highest BCUT2D eigenvalue weighted by atomic mass is 35.5. The highest BCUT2D eigenvalue weighted by molar-refractivity contribution is 6.30. The maximum Gasteiger partial charge on any atom is 0.229 e. The molecule has 0 aliphatic carbocycles. The van der Waals surface area contributed by atoms with E-state index in [0.29, 0.717) is 31.3 Å². The number of carbonyl (C=O) groups excluding carboxylic acids is 1. The molecule has 3 aliphatic heterocycles. The van der Waals surface area contributed by atoms with E-state index in [4.69, 9.17) is 25.8 Å². The number of amides is 1. The molecule has 3 heterocycles. The molecule has 2 aromatic carbocycles. The van der Waals surface area contributed by atoms with Gasteiger partial charge in [-0.05, 0) is 60.7 Å². The van der Waals surface area contributed by atoms with Gasteiger partial charge in [-0.1, -0.05) is 17.7 Å². The summed E-state index contributed by atoms with van der Waals surface area (Å²) in [6, 6.07) is 11.7. The molecule has 5 rings (SSSR count). The average Bonchev–Trinajstić information content (AvgIpc) is 3.22. The first-order chi connectivity index (χ1) is 13.7. The highest BCUT2D eigenvalue weighted by Gasteiger charge is 2.36. The Morgan fingerprint density at radius 3 is 2.71 bits per heavy atom. The number of carbonyl (C=O) groups is 1. The third-order valence-corrected chi connectivity index (χ3v) is 6.00. The van der Waals surface area contributed by atoms with E-state index in [1.807, 2.05) is 35.2 Å². The third kappa shape index (κ3) is 3.18. The molecule has 0 saturated carbocycles. The van der Waals surface area contributed by atoms with Gasteiger partial charge in [0.2, 0.25) is 5.91 Å². The van der Waals surface area contributed by atoms with Gasteiger partial charge in [-0.25, -0.2) is 0 Å². The second-order valence-corrected chi connectivity index (χ2v) is 7.99. The number of fused-ring (bicyclic) bond motifs is 2. The number of hydrogen-bond donors (Lipinski definition) is 0. The van der Waals surface area contributed by atoms with Crippen LogP contribution in [0.15, 0.2) is 36.4 Å². The van der Waals surface area contributed by atoms with Gasteiger partial charge >= 0.3 is 0 Å². The Balaban J connectivity index is 1.36. The molecule has 0 unspecified atom stereocenters. The van der Waals surface area contributed by atoms with Crippen LogP contribution in [0.2, 0.25) is 5.02 Å². The van der Waals surface area contributed by atoms with Crippen LogP contribution in [0.3, 0.4) is 0 Å². The van der Waals surface area contributed by atoms with E-state index in [0.717, 1.165) is 47.8 Å². The fourth-order valence-electron chi connectivity index (χ4n) is 4.40. The first kappa shape index (κ1) is 17.7. The average molecular weight is 400 g/mol. The summed E-state index contributed by atoms with van der Waals surface area (Å²) in [5, 5.41) is 0.672. The van der Waals surface area contributed by atoms with Crippen LogP contribution in [-0.4, -0.2) is 37.2 Å². The molecule has 0 N–H and O–H groups in total. The van der Waals surface area contributed by atoms with Crippen molar-refractivity contribution in [2.75, 3.05) is 26.4 Å². The Hall–Kier alpha value is -2.40. The van der Waals surface area contributed by atoms with Gasteiger partial charge in [-0.3, -0.25) is 4.79 Å². The van der Waals surface area contributed by atoms with Crippen molar-refractivity contribution in [3.63, 3.8) is 0 Å². The second-order valence-electron chi connectivity index (χ2n) is 7.56. The van der Waals surface area contributed by atoms with Crippen molar-refractivity contribution in [2.45, 2.75) is 25.3 Å². The lowest BCUT2D eigenvalue weighted by molar-refractivity contribution is -0.137. The number of benzene rings is 2. The van der Waals surface area contributed by atoms with Gasteiger partial charge in [0.1, 0.15) is 25.6 Å². The second kappa shape index (κ2) is 7.21. The summed E-state index contributed by atoms with van der Waals surface area (Å²) < 4.78 is 17.2. The molecule has 1 fully saturated rings. The Bertz CT molecular complexity index is 915. The zero-order chi connectivity index (χ0) is 19.1. The Kier molecular flexibility index (Phi) is 4.55. The third-order valence-electron chi connectivity index (χ3n) is 5.76. The molecule has 5 nitrogen and oxygen atoms in total. The van der Waals surface area contributed by atoms with Gasteiger partial charge in [0, 0.05) is 11.6 Å². The van der Waals surface area contributed by atoms with Crippen molar-refractivity contribution in [1.29, 1.82) is 0 Å². The van der Waals surface area contributed by atoms with Crippen molar-refractivity contribution in [2.24, 2.45) is 5.92 Å². The summed E-state index contributed by atoms with van der Waals surface area (Å²) in [7, 11) is 0. The Labute approximate surface area is 169 Å². The minimum Gasteiger partial charge on any atom is -0.492 e. The lowest BCUT2D eigenvalue weighted by Gasteiger charge is -2.32. The molecule has 1 saturated heterocycles. The summed E-state index contributed by atoms with van der Waals surface area (Å²) in [6.07, 6.45) is 2.63. The standard InChI is InChI=1S/C22H22ClNO4/c23-17-4-6-19-15(11-17)10-16(13-28-19)22(25)24-7-1-2-18(24)14-3-5-20-21(12-14)27-9-8-26-20/h3-6,11-12,16,18H,1-2,7-10,13H2/t16-,18+/m0/s1. The van der Waals surface area contributed by atoms with Gasteiger partial charge in [0.05, 0.1) is 12.0 Å². The zero-order valence-electron chi connectivity index (χ0n) is 15.5. The van der Waals surface area contributed by atoms with Crippen molar-refractivity contribution < 1.29 is 19.0 Å². The van der Waals surface area contributed by atoms with Gasteiger partial charge < -0.3 is 19.1 Å². The number of likely N-dealkylation sites (tertiary alicyclic amines) is 1. The molecule has 28 heavy (non-hydrogen) atoms. The van der Waals surface area contributed by atoms with E-state index in [9.17, 15) is 4.79 Å². The zero-order valence-corrected chi connectivity index (χ0v) is 16.3. The molecule has 0 bridgehead atoms. The minimum atomic E-state index is -0.177. The first-order valence-corrected chi connectivity index (χ1v) is 10.2. The number of ether oxygens (including phenoxy) is 3. The van der Waals surface area contributed by atoms with E-state index in [2.05, 4.69) is 6.07 Å². The summed E-state index contributed by atoms with van der Waals surface area (Å²) >= 11 is 6.12. The number of nitrogens with zero attached hydrogens (tertiary/aromatic N) is 1. The molecule has 3 aliphatic rings. The van der Waals surface area contributed by atoms with E-state index < -0.39 is 0 Å². The molecule has 2 aromatic rings. The Morgan fingerprint density at radius 1 is 1.00 bits per heavy atom. The van der Waals surface area contributed by atoms with Gasteiger partial charge in [0.15, 0.2) is 11.5 Å². The van der Waals surface area contributed by atoms with E-state index >= 15 is 0 Å². The van der Waals surface area contributed by atoms with Crippen molar-refractivity contribution in [1.82, 2.24) is 4.90 Å². The smallest absolute Gasteiger partial charge is 0.229 e. The molecule has 146 valence electrons. The topological polar surface area (TPSA) is 48.0 Å². The van der Waals surface area contributed by atoms with Crippen LogP contribution in [0.25, 0.3) is 0 Å². The van der Waals surface area contributed by atoms with E-state index in [1.165, 1.54) is 0 Å². The van der Waals surface area contributed by atoms with Crippen LogP contribution < -0.4 is 14.2 Å². The summed E-state index contributed by atoms with van der Waals surface area (Å²) in [4.78, 5) is 15.3. The molecular formula is C22H22ClNO4. The summed E-state index contributed by atoms with van der Waals surface area (Å²) in [5.74, 6) is 2.36. The number of hydrogen-bond acceptors (Lipinski definition) is 4. The van der Waals surface area contributed by atoms with Gasteiger partial charge in [-0.2, -0.15) is 0 Å². The predicted molar refractivity (Wildman–Crippen MR) is 105 cm³/mol. The minimum absolute atomic E-state index is 0.0732. The number of halogens is 1. The molecule has 2 atom stereocenters. The molecule has 0 radical (unpaired) electrons. The lowest BCUT2D eigenvalue weighted by atomic mass is 9.94. The van der Waals surface area contributed by atoms with Crippen LogP contribution in [0, 0.1) is 5.92 Å². The van der Waals surface area contributed by atoms with Crippen LogP contribution in [0.4, 0.5) is 0 Å². The molecular weight excluding hydrogens is 378 g/mol. The molecule has 1 amide bonds. The fraction of sp³-hybridized carbons (Fsp3) is 0.409. The number of rotatable bonds is 2. The molecule has 0 spiro atoms. The Morgan fingerprint density at radius 2 is 1.82 bits per heavy atom. The van der Waals surface area contributed by atoms with Crippen LogP contribution in [0.1, 0.15) is 30.0 Å². The highest BCUT2D eigenvalue weighted by Crippen LogP contribution is 2.39. The van der Waals surface area contributed by atoms with Crippen molar-refractivity contribution >= 4 is 17.5 Å². The maximum absolute atomic E-state index is 13.3. The normalized spacial score (nSPS) is 23.1. The predicted octanol–water partition coefficient (Wildman–Crippen LogP) is 4.03. The molecule has 6 heteroatoms. The molecule has 0 aromatic heterocycles. The van der Waals surface area contributed by atoms with E-state index in [-0.39, 0.29) is 17.9 Å². The summed E-state index contributed by atoms with van der Waals surface area (Å²) in [6.45, 7) is 2.33. The first-order valence-electron chi connectivity index (χ1n) is 9.80. The SMILES string of the molecule is O=C([C@@H]1COc2ccc(Cl)cc2C1)N1CCC[C@@H]1c1ccc2c(c1)OCCO2. The lowest BCUT2D eigenvalue weighted by Crippen LogP contribution is -2.40. The quantitative estimate of drug-likeness (QED) is 0.765. The maximum atomic E-state index is 13.3. The summed E-state index contributed by atoms with van der Waals surface area (Å²) in [5.41, 5.74) is 2.11. The fourth-order valence-corrected chi connectivity index (χ4v) is 4.60. The van der Waals surface area contributed by atoms with Crippen molar-refractivity contribution in [3.05, 3.63) is 52.5 Å². The van der Waals surface area contributed by atoms with Crippen LogP contribution >= 0.6 is 11.6 Å². The van der Waals surface area contributed by atoms with Crippen LogP contribution in [-0.2, 0) is 11.2 Å². The van der Waals surface area contributed by atoms with E-state index in [1.54, 1.807) is 0 Å². The van der Waals surface area contributed by atoms with Crippen molar-refractivity contribution in [3.8, 4) is 17.2 Å².